The summed E-state index contributed by atoms with van der Waals surface area (Å²) in [6.07, 6.45) is 2.46. The fraction of sp³-hybridized carbons (Fsp3) is 0.800. The van der Waals surface area contributed by atoms with Gasteiger partial charge in [0, 0.05) is 12.2 Å². The van der Waals surface area contributed by atoms with Crippen molar-refractivity contribution in [1.82, 2.24) is 5.32 Å². The topological polar surface area (TPSA) is 12.0 Å². The van der Waals surface area contributed by atoms with Crippen LogP contribution in [0.1, 0.15) is 33.6 Å². The molecule has 1 rings (SSSR count). The zero-order chi connectivity index (χ0) is 8.48. The smallest absolute Gasteiger partial charge is 0.0177 e. The van der Waals surface area contributed by atoms with E-state index in [0.717, 1.165) is 18.9 Å². The number of rotatable bonds is 0. The molecule has 1 heterocycles. The molecule has 1 unspecified atom stereocenters. The van der Waals surface area contributed by atoms with Gasteiger partial charge in [0.25, 0.3) is 0 Å². The van der Waals surface area contributed by atoms with Gasteiger partial charge < -0.3 is 5.32 Å². The summed E-state index contributed by atoms with van der Waals surface area (Å²) < 4.78 is 0. The van der Waals surface area contributed by atoms with Crippen LogP contribution in [0, 0.1) is 11.3 Å². The number of allylic oxidation sites excluding steroid dienone is 1. The van der Waals surface area contributed by atoms with Crippen molar-refractivity contribution < 1.29 is 0 Å². The van der Waals surface area contributed by atoms with E-state index in [1.165, 1.54) is 12.1 Å². The maximum absolute atomic E-state index is 3.92. The third-order valence-electron chi connectivity index (χ3n) is 2.62. The van der Waals surface area contributed by atoms with Gasteiger partial charge >= 0.3 is 0 Å². The third kappa shape index (κ3) is 2.25. The maximum Gasteiger partial charge on any atom is 0.0177 e. The molecule has 0 aromatic heterocycles. The highest BCUT2D eigenvalue weighted by atomic mass is 14.9. The van der Waals surface area contributed by atoms with Gasteiger partial charge in [-0.1, -0.05) is 27.4 Å². The van der Waals surface area contributed by atoms with E-state index >= 15 is 0 Å². The van der Waals surface area contributed by atoms with Crippen LogP contribution >= 0.6 is 0 Å². The molecule has 1 nitrogen and oxygen atoms in total. The van der Waals surface area contributed by atoms with Crippen molar-refractivity contribution in [2.45, 2.75) is 33.6 Å². The minimum absolute atomic E-state index is 0.452. The Hall–Kier alpha value is -0.460. The lowest BCUT2D eigenvalue weighted by molar-refractivity contribution is 0.206. The highest BCUT2D eigenvalue weighted by molar-refractivity contribution is 4.97. The standard InChI is InChI=1S/C10H19N/c1-8-5-6-9(7-11-8)10(2,3)4/h9,11H,1,5-7H2,2-4H3. The monoisotopic (exact) mass is 153 g/mol. The van der Waals surface area contributed by atoms with E-state index in [9.17, 15) is 0 Å². The molecule has 0 aromatic rings. The lowest BCUT2D eigenvalue weighted by atomic mass is 9.76. The van der Waals surface area contributed by atoms with Gasteiger partial charge in [-0.05, 0) is 24.2 Å². The third-order valence-corrected chi connectivity index (χ3v) is 2.62. The fourth-order valence-corrected chi connectivity index (χ4v) is 1.55. The number of piperidine rings is 1. The Morgan fingerprint density at radius 2 is 2.09 bits per heavy atom. The molecule has 1 N–H and O–H groups in total. The highest BCUT2D eigenvalue weighted by Gasteiger charge is 2.26. The highest BCUT2D eigenvalue weighted by Crippen LogP contribution is 2.32. The van der Waals surface area contributed by atoms with Crippen LogP contribution in [0.15, 0.2) is 12.3 Å². The summed E-state index contributed by atoms with van der Waals surface area (Å²) in [6, 6.07) is 0. The van der Waals surface area contributed by atoms with Crippen molar-refractivity contribution >= 4 is 0 Å². The van der Waals surface area contributed by atoms with E-state index in [0.29, 0.717) is 5.41 Å². The van der Waals surface area contributed by atoms with Crippen LogP contribution in [-0.2, 0) is 0 Å². The molecular weight excluding hydrogens is 134 g/mol. The Kier molecular flexibility index (Phi) is 2.26. The summed E-state index contributed by atoms with van der Waals surface area (Å²) in [5.74, 6) is 0.813. The Bertz CT molecular complexity index is 143. The predicted octanol–water partition coefficient (Wildman–Crippen LogP) is 2.55. The molecule has 0 saturated carbocycles. The Balaban J connectivity index is 2.45. The van der Waals surface area contributed by atoms with Crippen LogP contribution in [0.4, 0.5) is 0 Å². The molecule has 0 spiro atoms. The Morgan fingerprint density at radius 3 is 2.45 bits per heavy atom. The minimum atomic E-state index is 0.452. The van der Waals surface area contributed by atoms with E-state index < -0.39 is 0 Å². The number of nitrogens with one attached hydrogen (secondary N) is 1. The van der Waals surface area contributed by atoms with Gasteiger partial charge in [-0.2, -0.15) is 0 Å². The van der Waals surface area contributed by atoms with Gasteiger partial charge in [0.1, 0.15) is 0 Å². The lowest BCUT2D eigenvalue weighted by Crippen LogP contribution is -2.35. The summed E-state index contributed by atoms with van der Waals surface area (Å²) >= 11 is 0. The molecular formula is C10H19N. The molecule has 0 bridgehead atoms. The first-order chi connectivity index (χ1) is 5.00. The van der Waals surface area contributed by atoms with Crippen LogP contribution in [0.5, 0.6) is 0 Å². The average Bonchev–Trinajstić information content (AvgIpc) is 1.86. The molecule has 1 heteroatoms. The van der Waals surface area contributed by atoms with E-state index in [4.69, 9.17) is 0 Å². The number of hydrogen-bond donors (Lipinski definition) is 1. The van der Waals surface area contributed by atoms with Crippen LogP contribution < -0.4 is 5.32 Å². The second-order valence-corrected chi connectivity index (χ2v) is 4.59. The van der Waals surface area contributed by atoms with Crippen molar-refractivity contribution in [2.24, 2.45) is 11.3 Å². The van der Waals surface area contributed by atoms with E-state index in [1.807, 2.05) is 0 Å². The minimum Gasteiger partial charge on any atom is -0.389 e. The molecule has 11 heavy (non-hydrogen) atoms. The van der Waals surface area contributed by atoms with Crippen LogP contribution in [0.3, 0.4) is 0 Å². The predicted molar refractivity (Wildman–Crippen MR) is 49.3 cm³/mol. The van der Waals surface area contributed by atoms with E-state index in [2.05, 4.69) is 32.7 Å². The van der Waals surface area contributed by atoms with Gasteiger partial charge in [-0.15, -0.1) is 0 Å². The van der Waals surface area contributed by atoms with Crippen molar-refractivity contribution in [3.8, 4) is 0 Å². The van der Waals surface area contributed by atoms with Gasteiger partial charge in [-0.25, -0.2) is 0 Å². The zero-order valence-electron chi connectivity index (χ0n) is 7.91. The van der Waals surface area contributed by atoms with Crippen molar-refractivity contribution in [3.63, 3.8) is 0 Å². The summed E-state index contributed by atoms with van der Waals surface area (Å²) in [5, 5.41) is 3.34. The average molecular weight is 153 g/mol. The molecule has 1 aliphatic rings. The quantitative estimate of drug-likeness (QED) is 0.564. The molecule has 1 saturated heterocycles. The number of hydrogen-bond acceptors (Lipinski definition) is 1. The normalized spacial score (nSPS) is 26.5. The fourth-order valence-electron chi connectivity index (χ4n) is 1.55. The van der Waals surface area contributed by atoms with Gasteiger partial charge in [-0.3, -0.25) is 0 Å². The summed E-state index contributed by atoms with van der Waals surface area (Å²) in [6.45, 7) is 12.0. The summed E-state index contributed by atoms with van der Waals surface area (Å²) in [7, 11) is 0. The maximum atomic E-state index is 3.92. The molecule has 64 valence electrons. The Morgan fingerprint density at radius 1 is 1.45 bits per heavy atom. The summed E-state index contributed by atoms with van der Waals surface area (Å²) in [5.41, 5.74) is 1.67. The first-order valence-electron chi connectivity index (χ1n) is 4.42. The molecule has 0 aliphatic carbocycles. The molecule has 1 aliphatic heterocycles. The van der Waals surface area contributed by atoms with E-state index in [1.54, 1.807) is 0 Å². The van der Waals surface area contributed by atoms with Crippen LogP contribution in [0.2, 0.25) is 0 Å². The molecule has 0 aromatic carbocycles. The van der Waals surface area contributed by atoms with Gasteiger partial charge in [0.05, 0.1) is 0 Å². The molecule has 0 radical (unpaired) electrons. The molecule has 1 atom stereocenters. The zero-order valence-corrected chi connectivity index (χ0v) is 7.91. The van der Waals surface area contributed by atoms with Gasteiger partial charge in [0.2, 0.25) is 0 Å². The first kappa shape index (κ1) is 8.63. The second kappa shape index (κ2) is 2.88. The SMILES string of the molecule is C=C1CCC(C(C)(C)C)CN1. The Labute approximate surface area is 69.9 Å². The van der Waals surface area contributed by atoms with Crippen LogP contribution in [0.25, 0.3) is 0 Å². The largest absolute Gasteiger partial charge is 0.389 e. The summed E-state index contributed by atoms with van der Waals surface area (Å²) in [4.78, 5) is 0. The second-order valence-electron chi connectivity index (χ2n) is 4.59. The van der Waals surface area contributed by atoms with Gasteiger partial charge in [0.15, 0.2) is 0 Å². The van der Waals surface area contributed by atoms with E-state index in [-0.39, 0.29) is 0 Å². The van der Waals surface area contributed by atoms with Crippen LogP contribution in [-0.4, -0.2) is 6.54 Å². The van der Waals surface area contributed by atoms with Crippen molar-refractivity contribution in [1.29, 1.82) is 0 Å². The molecule has 0 amide bonds. The lowest BCUT2D eigenvalue weighted by Gasteiger charge is -2.35. The van der Waals surface area contributed by atoms with Crippen molar-refractivity contribution in [2.75, 3.05) is 6.54 Å². The molecule has 1 fully saturated rings. The van der Waals surface area contributed by atoms with Crippen molar-refractivity contribution in [3.05, 3.63) is 12.3 Å². The first-order valence-corrected chi connectivity index (χ1v) is 4.42.